The molecule has 6 atom stereocenters. The minimum absolute atomic E-state index is 0.484. The van der Waals surface area contributed by atoms with Crippen molar-refractivity contribution in [2.75, 3.05) is 0 Å². The molecule has 1 heterocycles. The molecule has 0 saturated carbocycles. The van der Waals surface area contributed by atoms with Crippen LogP contribution in [0.1, 0.15) is 16.5 Å². The van der Waals surface area contributed by atoms with Crippen molar-refractivity contribution < 1.29 is 27.9 Å². The Morgan fingerprint density at radius 2 is 2.21 bits per heavy atom. The summed E-state index contributed by atoms with van der Waals surface area (Å²) in [5.74, 6) is 0. The minimum atomic E-state index is -2.08. The molecule has 0 aromatic carbocycles. The predicted octanol–water partition coefficient (Wildman–Crippen LogP) is -2.48. The van der Waals surface area contributed by atoms with Crippen molar-refractivity contribution in [2.24, 2.45) is 5.73 Å². The monoisotopic (exact) mass is 209 g/mol. The highest BCUT2D eigenvalue weighted by Gasteiger charge is 2.52. The van der Waals surface area contributed by atoms with Gasteiger partial charge in [0.25, 0.3) is 0 Å². The SMILES string of the molecule is [2H]CC(O)[C@H]1OC(O)[C@H](N)[C@@H](O)[C@@]1(O)C[2H]. The van der Waals surface area contributed by atoms with Gasteiger partial charge in [0.05, 0.1) is 12.1 Å². The lowest BCUT2D eigenvalue weighted by molar-refractivity contribution is -0.293. The molecule has 6 heteroatoms. The average molecular weight is 209 g/mol. The summed E-state index contributed by atoms with van der Waals surface area (Å²) in [6.07, 6.45) is -5.97. The van der Waals surface area contributed by atoms with Gasteiger partial charge in [-0.3, -0.25) is 0 Å². The first-order valence-corrected chi connectivity index (χ1v) is 4.14. The third-order valence-corrected chi connectivity index (χ3v) is 2.33. The second kappa shape index (κ2) is 3.73. The van der Waals surface area contributed by atoms with Gasteiger partial charge in [0.15, 0.2) is 6.29 Å². The Hall–Kier alpha value is -0.240. The molecule has 0 radical (unpaired) electrons. The van der Waals surface area contributed by atoms with Crippen LogP contribution < -0.4 is 5.73 Å². The molecular weight excluding hydrogens is 190 g/mol. The predicted molar refractivity (Wildman–Crippen MR) is 47.2 cm³/mol. The van der Waals surface area contributed by atoms with Crippen molar-refractivity contribution in [3.63, 3.8) is 0 Å². The Morgan fingerprint density at radius 1 is 1.57 bits per heavy atom. The molecule has 1 aliphatic rings. The minimum Gasteiger partial charge on any atom is -0.391 e. The summed E-state index contributed by atoms with van der Waals surface area (Å²) in [5, 5.41) is 38.5. The summed E-state index contributed by atoms with van der Waals surface area (Å²) in [6.45, 7) is -1.14. The van der Waals surface area contributed by atoms with E-state index in [9.17, 15) is 20.4 Å². The van der Waals surface area contributed by atoms with Gasteiger partial charge in [-0.15, -0.1) is 0 Å². The van der Waals surface area contributed by atoms with E-state index in [2.05, 4.69) is 0 Å². The topological polar surface area (TPSA) is 116 Å². The molecule has 1 aliphatic heterocycles. The summed E-state index contributed by atoms with van der Waals surface area (Å²) in [4.78, 5) is 0. The molecule has 0 spiro atoms. The van der Waals surface area contributed by atoms with Crippen LogP contribution in [0.3, 0.4) is 0 Å². The van der Waals surface area contributed by atoms with Crippen LogP contribution in [0.25, 0.3) is 0 Å². The third-order valence-electron chi connectivity index (χ3n) is 2.33. The first-order chi connectivity index (χ1) is 7.38. The van der Waals surface area contributed by atoms with Crippen LogP contribution in [-0.2, 0) is 4.74 Å². The van der Waals surface area contributed by atoms with E-state index in [1.807, 2.05) is 0 Å². The van der Waals surface area contributed by atoms with E-state index in [-0.39, 0.29) is 0 Å². The molecule has 0 aliphatic carbocycles. The van der Waals surface area contributed by atoms with Crippen molar-refractivity contribution in [3.8, 4) is 0 Å². The largest absolute Gasteiger partial charge is 0.391 e. The molecular formula is C8H17NO5. The number of aliphatic hydroxyl groups excluding tert-OH is 3. The average Bonchev–Trinajstić information content (AvgIpc) is 2.30. The zero-order valence-electron chi connectivity index (χ0n) is 9.58. The van der Waals surface area contributed by atoms with E-state index in [0.717, 1.165) is 0 Å². The normalized spacial score (nSPS) is 53.5. The first kappa shape index (κ1) is 9.02. The highest BCUT2D eigenvalue weighted by molar-refractivity contribution is 5.01. The standard InChI is InChI=1S/C8H17NO5/c1-3(10)6-8(2,13)5(11)4(9)7(12)14-6/h3-7,10-13H,9H2,1-2H3/t3?,4-,5-,6-,7?,8+/m1/s1/i1D,2D. The van der Waals surface area contributed by atoms with Crippen LogP contribution in [0.15, 0.2) is 0 Å². The zero-order valence-corrected chi connectivity index (χ0v) is 7.58. The number of hydrogen-bond donors (Lipinski definition) is 5. The van der Waals surface area contributed by atoms with Gasteiger partial charge in [0.2, 0.25) is 0 Å². The van der Waals surface area contributed by atoms with Crippen molar-refractivity contribution in [1.82, 2.24) is 0 Å². The molecule has 0 aromatic rings. The van der Waals surface area contributed by atoms with Crippen LogP contribution in [0.4, 0.5) is 0 Å². The number of aliphatic hydroxyl groups is 4. The van der Waals surface area contributed by atoms with Crippen molar-refractivity contribution in [1.29, 1.82) is 0 Å². The van der Waals surface area contributed by atoms with Crippen molar-refractivity contribution in [3.05, 3.63) is 0 Å². The number of ether oxygens (including phenoxy) is 1. The fraction of sp³-hybridized carbons (Fsp3) is 1.00. The van der Waals surface area contributed by atoms with Crippen LogP contribution in [0, 0.1) is 0 Å². The molecule has 2 unspecified atom stereocenters. The van der Waals surface area contributed by atoms with E-state index < -0.39 is 50.0 Å². The molecule has 1 rings (SSSR count). The van der Waals surface area contributed by atoms with Crippen LogP contribution in [0.5, 0.6) is 0 Å². The maximum absolute atomic E-state index is 10.0. The lowest BCUT2D eigenvalue weighted by Crippen LogP contribution is -2.69. The molecule has 0 aromatic heterocycles. The fourth-order valence-corrected chi connectivity index (χ4v) is 1.44. The molecule has 1 saturated heterocycles. The maximum Gasteiger partial charge on any atom is 0.173 e. The first-order valence-electron chi connectivity index (χ1n) is 5.56. The second-order valence-corrected chi connectivity index (χ2v) is 3.53. The highest BCUT2D eigenvalue weighted by Crippen LogP contribution is 2.29. The molecule has 0 bridgehead atoms. The maximum atomic E-state index is 10.0. The van der Waals surface area contributed by atoms with E-state index in [0.29, 0.717) is 0 Å². The van der Waals surface area contributed by atoms with Gasteiger partial charge >= 0.3 is 0 Å². The molecule has 0 amide bonds. The summed E-state index contributed by atoms with van der Waals surface area (Å²) in [5.41, 5.74) is 3.30. The highest BCUT2D eigenvalue weighted by atomic mass is 16.6. The molecule has 6 N–H and O–H groups in total. The Morgan fingerprint density at radius 3 is 2.71 bits per heavy atom. The van der Waals surface area contributed by atoms with E-state index in [1.54, 1.807) is 0 Å². The number of hydrogen-bond acceptors (Lipinski definition) is 6. The van der Waals surface area contributed by atoms with Gasteiger partial charge in [-0.2, -0.15) is 0 Å². The van der Waals surface area contributed by atoms with Crippen LogP contribution in [-0.4, -0.2) is 56.7 Å². The van der Waals surface area contributed by atoms with Crippen molar-refractivity contribution in [2.45, 2.75) is 50.0 Å². The van der Waals surface area contributed by atoms with E-state index in [4.69, 9.17) is 13.2 Å². The van der Waals surface area contributed by atoms with Gasteiger partial charge in [-0.25, -0.2) is 0 Å². The van der Waals surface area contributed by atoms with Gasteiger partial charge < -0.3 is 30.9 Å². The summed E-state index contributed by atoms with van der Waals surface area (Å²) in [6, 6.07) is -1.26. The third kappa shape index (κ3) is 1.77. The molecule has 6 nitrogen and oxygen atoms in total. The summed E-state index contributed by atoms with van der Waals surface area (Å²) >= 11 is 0. The van der Waals surface area contributed by atoms with Crippen LogP contribution >= 0.6 is 0 Å². The summed E-state index contributed by atoms with van der Waals surface area (Å²) in [7, 11) is 0. The Labute approximate surface area is 84.7 Å². The van der Waals surface area contributed by atoms with Crippen molar-refractivity contribution >= 4 is 0 Å². The summed E-state index contributed by atoms with van der Waals surface area (Å²) < 4.78 is 19.0. The van der Waals surface area contributed by atoms with E-state index >= 15 is 0 Å². The van der Waals surface area contributed by atoms with E-state index in [1.165, 1.54) is 0 Å². The Balaban J connectivity index is 2.97. The quantitative estimate of drug-likeness (QED) is 0.326. The Bertz CT molecular complexity index is 246. The smallest absolute Gasteiger partial charge is 0.173 e. The number of rotatable bonds is 1. The molecule has 84 valence electrons. The zero-order chi connectivity index (χ0) is 12.5. The lowest BCUT2D eigenvalue weighted by Gasteiger charge is -2.46. The number of nitrogens with two attached hydrogens (primary N) is 1. The fourth-order valence-electron chi connectivity index (χ4n) is 1.44. The molecule has 1 fully saturated rings. The van der Waals surface area contributed by atoms with Gasteiger partial charge in [-0.1, -0.05) is 0 Å². The molecule has 14 heavy (non-hydrogen) atoms. The van der Waals surface area contributed by atoms with Gasteiger partial charge in [0, 0.05) is 2.74 Å². The Kier molecular flexibility index (Phi) is 2.40. The van der Waals surface area contributed by atoms with Gasteiger partial charge in [0.1, 0.15) is 17.8 Å². The lowest BCUT2D eigenvalue weighted by atomic mass is 9.83. The van der Waals surface area contributed by atoms with Crippen LogP contribution in [0.2, 0.25) is 0 Å². The second-order valence-electron chi connectivity index (χ2n) is 3.53. The van der Waals surface area contributed by atoms with Gasteiger partial charge in [-0.05, 0) is 13.8 Å².